The summed E-state index contributed by atoms with van der Waals surface area (Å²) in [6.07, 6.45) is 5.84. The van der Waals surface area contributed by atoms with Crippen molar-refractivity contribution in [3.8, 4) is 0 Å². The molecule has 3 aliphatic rings. The van der Waals surface area contributed by atoms with E-state index in [1.807, 2.05) is 18.2 Å². The quantitative estimate of drug-likeness (QED) is 0.811. The van der Waals surface area contributed by atoms with Crippen LogP contribution in [0.4, 0.5) is 0 Å². The minimum Gasteiger partial charge on any atom is -0.345 e. The van der Waals surface area contributed by atoms with Gasteiger partial charge in [0.15, 0.2) is 5.84 Å². The van der Waals surface area contributed by atoms with E-state index < -0.39 is 10.0 Å². The number of amidine groups is 1. The summed E-state index contributed by atoms with van der Waals surface area (Å²) in [5.41, 5.74) is 1.25. The lowest BCUT2D eigenvalue weighted by Gasteiger charge is -2.30. The molecule has 0 saturated heterocycles. The van der Waals surface area contributed by atoms with Gasteiger partial charge in [0.1, 0.15) is 0 Å². The van der Waals surface area contributed by atoms with Crippen LogP contribution in [-0.4, -0.2) is 43.1 Å². The second-order valence-electron chi connectivity index (χ2n) is 6.16. The number of hydrogen-bond donors (Lipinski definition) is 1. The third-order valence-corrected chi connectivity index (χ3v) is 6.93. The Bertz CT molecular complexity index is 969. The highest BCUT2D eigenvalue weighted by Gasteiger charge is 2.31. The van der Waals surface area contributed by atoms with E-state index in [0.29, 0.717) is 11.6 Å². The van der Waals surface area contributed by atoms with Gasteiger partial charge in [-0.1, -0.05) is 11.6 Å². The molecule has 0 bridgehead atoms. The lowest BCUT2D eigenvalue weighted by Crippen LogP contribution is -2.43. The molecule has 1 aromatic carbocycles. The molecule has 0 fully saturated rings. The number of carbonyl (C=O) groups excluding carboxylic acids is 1. The largest absolute Gasteiger partial charge is 0.345 e. The van der Waals surface area contributed by atoms with Gasteiger partial charge in [-0.2, -0.15) is 0 Å². The Morgan fingerprint density at radius 2 is 2.23 bits per heavy atom. The molecule has 9 heteroatoms. The lowest BCUT2D eigenvalue weighted by molar-refractivity contribution is -0.117. The van der Waals surface area contributed by atoms with Gasteiger partial charge in [-0.3, -0.25) is 4.79 Å². The number of rotatable bonds is 2. The van der Waals surface area contributed by atoms with Gasteiger partial charge in [-0.25, -0.2) is 8.42 Å². The SMILES string of the molecule is O=C(NC1CCSc2ccc(Cl)cc21)C1=CC=CN2CCS(=O)(=O)N=C12. The van der Waals surface area contributed by atoms with E-state index in [2.05, 4.69) is 9.71 Å². The van der Waals surface area contributed by atoms with Crippen LogP contribution in [0.25, 0.3) is 0 Å². The summed E-state index contributed by atoms with van der Waals surface area (Å²) < 4.78 is 27.5. The molecule has 0 aliphatic carbocycles. The molecule has 26 heavy (non-hydrogen) atoms. The fourth-order valence-electron chi connectivity index (χ4n) is 3.14. The lowest BCUT2D eigenvalue weighted by atomic mass is 10.0. The third kappa shape index (κ3) is 3.41. The van der Waals surface area contributed by atoms with Crippen molar-refractivity contribution in [2.45, 2.75) is 17.4 Å². The first kappa shape index (κ1) is 17.6. The van der Waals surface area contributed by atoms with Crippen LogP contribution < -0.4 is 5.32 Å². The van der Waals surface area contributed by atoms with Crippen LogP contribution >= 0.6 is 23.4 Å². The van der Waals surface area contributed by atoms with E-state index in [-0.39, 0.29) is 29.1 Å². The zero-order valence-corrected chi connectivity index (χ0v) is 16.1. The standard InChI is InChI=1S/C17H16ClN3O3S2/c18-11-3-4-15-13(10-11)14(5-8-25-15)19-17(22)12-2-1-6-21-7-9-26(23,24)20-16(12)21/h1-4,6,10,14H,5,7-9H2,(H,19,22). The number of nitrogens with one attached hydrogen (secondary N) is 1. The summed E-state index contributed by atoms with van der Waals surface area (Å²) in [4.78, 5) is 15.7. The van der Waals surface area contributed by atoms with Crippen molar-refractivity contribution in [3.05, 3.63) is 52.7 Å². The monoisotopic (exact) mass is 409 g/mol. The minimum absolute atomic E-state index is 0.0541. The summed E-state index contributed by atoms with van der Waals surface area (Å²) in [6, 6.07) is 5.50. The Morgan fingerprint density at radius 3 is 3.08 bits per heavy atom. The third-order valence-electron chi connectivity index (χ3n) is 4.42. The van der Waals surface area contributed by atoms with Crippen molar-refractivity contribution in [1.82, 2.24) is 10.2 Å². The molecule has 1 N–H and O–H groups in total. The summed E-state index contributed by atoms with van der Waals surface area (Å²) in [5.74, 6) is 0.687. The Morgan fingerprint density at radius 1 is 1.38 bits per heavy atom. The molecular weight excluding hydrogens is 394 g/mol. The number of thioether (sulfide) groups is 1. The summed E-state index contributed by atoms with van der Waals surface area (Å²) in [6.45, 7) is 0.292. The summed E-state index contributed by atoms with van der Waals surface area (Å²) in [7, 11) is -3.54. The highest BCUT2D eigenvalue weighted by atomic mass is 35.5. The Labute approximate surface area is 161 Å². The van der Waals surface area contributed by atoms with E-state index in [9.17, 15) is 13.2 Å². The molecule has 136 valence electrons. The average Bonchev–Trinajstić information content (AvgIpc) is 2.61. The van der Waals surface area contributed by atoms with E-state index in [1.165, 1.54) is 0 Å². The number of halogens is 1. The number of carbonyl (C=O) groups is 1. The number of allylic oxidation sites excluding steroid dienone is 2. The summed E-state index contributed by atoms with van der Waals surface area (Å²) >= 11 is 7.85. The maximum absolute atomic E-state index is 12.9. The second-order valence-corrected chi connectivity index (χ2v) is 9.49. The Kier molecular flexibility index (Phi) is 4.58. The highest BCUT2D eigenvalue weighted by Crippen LogP contribution is 2.37. The molecule has 3 heterocycles. The van der Waals surface area contributed by atoms with Gasteiger partial charge < -0.3 is 10.2 Å². The normalized spacial score (nSPS) is 23.4. The maximum Gasteiger partial charge on any atom is 0.256 e. The van der Waals surface area contributed by atoms with Crippen LogP contribution in [0.1, 0.15) is 18.0 Å². The smallest absolute Gasteiger partial charge is 0.256 e. The molecule has 1 amide bonds. The summed E-state index contributed by atoms with van der Waals surface area (Å²) in [5, 5.41) is 3.64. The van der Waals surface area contributed by atoms with Crippen LogP contribution in [0.15, 0.2) is 51.4 Å². The van der Waals surface area contributed by atoms with E-state index >= 15 is 0 Å². The maximum atomic E-state index is 12.9. The Hall–Kier alpha value is -1.77. The van der Waals surface area contributed by atoms with Crippen LogP contribution in [0.2, 0.25) is 5.02 Å². The number of hydrogen-bond acceptors (Lipinski definition) is 5. The molecule has 0 saturated carbocycles. The Balaban J connectivity index is 1.62. The second kappa shape index (κ2) is 6.75. The number of sulfonamides is 1. The van der Waals surface area contributed by atoms with Crippen molar-refractivity contribution in [3.63, 3.8) is 0 Å². The van der Waals surface area contributed by atoms with Crippen LogP contribution in [0.5, 0.6) is 0 Å². The first-order chi connectivity index (χ1) is 12.4. The molecule has 1 atom stereocenters. The minimum atomic E-state index is -3.54. The molecular formula is C17H16ClN3O3S2. The number of nitrogens with zero attached hydrogens (tertiary/aromatic N) is 2. The highest BCUT2D eigenvalue weighted by molar-refractivity contribution is 7.99. The average molecular weight is 410 g/mol. The van der Waals surface area contributed by atoms with Crippen LogP contribution in [-0.2, 0) is 14.8 Å². The van der Waals surface area contributed by atoms with Gasteiger partial charge in [0, 0.05) is 28.4 Å². The van der Waals surface area contributed by atoms with E-state index in [4.69, 9.17) is 11.6 Å². The van der Waals surface area contributed by atoms with Gasteiger partial charge in [-0.05, 0) is 42.3 Å². The molecule has 4 rings (SSSR count). The zero-order chi connectivity index (χ0) is 18.3. The van der Waals surface area contributed by atoms with E-state index in [1.54, 1.807) is 35.0 Å². The van der Waals surface area contributed by atoms with Crippen LogP contribution in [0, 0.1) is 0 Å². The topological polar surface area (TPSA) is 78.8 Å². The van der Waals surface area contributed by atoms with Gasteiger partial charge >= 0.3 is 0 Å². The van der Waals surface area contributed by atoms with E-state index in [0.717, 1.165) is 22.6 Å². The predicted octanol–water partition coefficient (Wildman–Crippen LogP) is 2.49. The predicted molar refractivity (Wildman–Crippen MR) is 103 cm³/mol. The molecule has 6 nitrogen and oxygen atoms in total. The molecule has 3 aliphatic heterocycles. The first-order valence-electron chi connectivity index (χ1n) is 8.14. The first-order valence-corrected chi connectivity index (χ1v) is 11.1. The fourth-order valence-corrected chi connectivity index (χ4v) is 5.42. The fraction of sp³-hybridized carbons (Fsp3) is 0.294. The molecule has 0 aromatic heterocycles. The number of fused-ring (bicyclic) bond motifs is 2. The van der Waals surface area contributed by atoms with Crippen molar-refractivity contribution in [2.24, 2.45) is 4.40 Å². The van der Waals surface area contributed by atoms with Gasteiger partial charge in [0.2, 0.25) is 0 Å². The van der Waals surface area contributed by atoms with Crippen molar-refractivity contribution >= 4 is 45.1 Å². The van der Waals surface area contributed by atoms with Crippen molar-refractivity contribution in [1.29, 1.82) is 0 Å². The van der Waals surface area contributed by atoms with Crippen LogP contribution in [0.3, 0.4) is 0 Å². The molecule has 1 unspecified atom stereocenters. The number of benzene rings is 1. The molecule has 0 radical (unpaired) electrons. The van der Waals surface area contributed by atoms with Crippen molar-refractivity contribution < 1.29 is 13.2 Å². The number of amides is 1. The van der Waals surface area contributed by atoms with Crippen molar-refractivity contribution in [2.75, 3.05) is 18.1 Å². The molecule has 0 spiro atoms. The van der Waals surface area contributed by atoms with Gasteiger partial charge in [-0.15, -0.1) is 16.2 Å². The van der Waals surface area contributed by atoms with Gasteiger partial charge in [0.25, 0.3) is 15.9 Å². The zero-order valence-electron chi connectivity index (χ0n) is 13.7. The molecule has 1 aromatic rings. The van der Waals surface area contributed by atoms with Gasteiger partial charge in [0.05, 0.1) is 17.4 Å².